The lowest BCUT2D eigenvalue weighted by molar-refractivity contribution is -0.142. The van der Waals surface area contributed by atoms with Crippen LogP contribution < -0.4 is 21.7 Å². The van der Waals surface area contributed by atoms with Crippen molar-refractivity contribution in [3.8, 4) is 0 Å². The van der Waals surface area contributed by atoms with E-state index in [-0.39, 0.29) is 18.9 Å². The van der Waals surface area contributed by atoms with Crippen molar-refractivity contribution >= 4 is 35.5 Å². The fourth-order valence-corrected chi connectivity index (χ4v) is 3.00. The van der Waals surface area contributed by atoms with Crippen molar-refractivity contribution in [1.29, 1.82) is 0 Å². The third kappa shape index (κ3) is 8.82. The molecule has 0 aromatic carbocycles. The number of aliphatic carboxylic acids is 1. The Bertz CT molecular complexity index is 712. The summed E-state index contributed by atoms with van der Waals surface area (Å²) < 4.78 is 0. The topological polar surface area (TPSA) is 179 Å². The molecule has 0 aliphatic rings. The number of carbonyl (C=O) groups is 4. The Hall–Kier alpha value is -2.60. The summed E-state index contributed by atoms with van der Waals surface area (Å²) in [7, 11) is 0. The third-order valence-electron chi connectivity index (χ3n) is 4.25. The minimum atomic E-state index is -1.21. The van der Waals surface area contributed by atoms with Crippen LogP contribution in [0.5, 0.6) is 0 Å². The molecule has 12 heteroatoms. The molecule has 3 unspecified atom stereocenters. The summed E-state index contributed by atoms with van der Waals surface area (Å²) in [5.41, 5.74) is 6.29. The van der Waals surface area contributed by atoms with Gasteiger partial charge in [-0.2, -0.15) is 11.8 Å². The lowest BCUT2D eigenvalue weighted by atomic mass is 10.0. The number of carboxylic acids is 1. The minimum absolute atomic E-state index is 0.0177. The Morgan fingerprint density at radius 3 is 2.47 bits per heavy atom. The number of amides is 3. The van der Waals surface area contributed by atoms with Crippen LogP contribution in [0.1, 0.15) is 26.0 Å². The predicted molar refractivity (Wildman–Crippen MR) is 113 cm³/mol. The van der Waals surface area contributed by atoms with Crippen molar-refractivity contribution in [2.24, 2.45) is 11.7 Å². The van der Waals surface area contributed by atoms with E-state index in [1.54, 1.807) is 25.6 Å². The van der Waals surface area contributed by atoms with E-state index in [2.05, 4.69) is 25.9 Å². The number of aromatic amines is 1. The molecule has 1 aromatic rings. The number of hydrogen-bond acceptors (Lipinski definition) is 7. The van der Waals surface area contributed by atoms with E-state index in [0.29, 0.717) is 12.1 Å². The van der Waals surface area contributed by atoms with Crippen LogP contribution in [-0.4, -0.2) is 75.4 Å². The van der Waals surface area contributed by atoms with Crippen LogP contribution in [0, 0.1) is 5.92 Å². The van der Waals surface area contributed by atoms with Gasteiger partial charge in [0.1, 0.15) is 12.1 Å². The molecule has 3 amide bonds. The van der Waals surface area contributed by atoms with Crippen LogP contribution in [0.2, 0.25) is 0 Å². The number of carbonyl (C=O) groups excluding carboxylic acids is 3. The Labute approximate surface area is 179 Å². The van der Waals surface area contributed by atoms with Gasteiger partial charge >= 0.3 is 5.97 Å². The maximum atomic E-state index is 12.6. The molecule has 1 heterocycles. The number of carboxylic acid groups (broad SMARTS) is 1. The maximum absolute atomic E-state index is 12.6. The summed E-state index contributed by atoms with van der Waals surface area (Å²) in [6, 6.07) is -2.87. The molecule has 0 radical (unpaired) electrons. The Balaban J connectivity index is 2.62. The summed E-state index contributed by atoms with van der Waals surface area (Å²) in [5, 5.41) is 16.8. The van der Waals surface area contributed by atoms with Crippen LogP contribution >= 0.6 is 11.8 Å². The van der Waals surface area contributed by atoms with Crippen molar-refractivity contribution in [3.05, 3.63) is 18.2 Å². The van der Waals surface area contributed by atoms with E-state index >= 15 is 0 Å². The van der Waals surface area contributed by atoms with Gasteiger partial charge in [0.25, 0.3) is 0 Å². The third-order valence-corrected chi connectivity index (χ3v) is 4.90. The summed E-state index contributed by atoms with van der Waals surface area (Å²) in [6.07, 6.45) is 5.28. The predicted octanol–water partition coefficient (Wildman–Crippen LogP) is -1.14. The SMILES string of the molecule is CSCCC(N)C(=O)NCC(=O)NC(C(=O)NC(Cc1cnc[nH]1)C(=O)O)C(C)C. The van der Waals surface area contributed by atoms with Crippen LogP contribution in [0.15, 0.2) is 12.5 Å². The fraction of sp³-hybridized carbons (Fsp3) is 0.611. The minimum Gasteiger partial charge on any atom is -0.480 e. The van der Waals surface area contributed by atoms with Crippen molar-refractivity contribution < 1.29 is 24.3 Å². The molecule has 7 N–H and O–H groups in total. The van der Waals surface area contributed by atoms with Crippen molar-refractivity contribution in [1.82, 2.24) is 25.9 Å². The van der Waals surface area contributed by atoms with E-state index in [1.807, 2.05) is 6.26 Å². The number of H-pyrrole nitrogens is 1. The first-order valence-electron chi connectivity index (χ1n) is 9.47. The molecule has 3 atom stereocenters. The van der Waals surface area contributed by atoms with Crippen LogP contribution in [0.25, 0.3) is 0 Å². The van der Waals surface area contributed by atoms with Crippen molar-refractivity contribution in [2.75, 3.05) is 18.6 Å². The van der Waals surface area contributed by atoms with E-state index in [1.165, 1.54) is 12.5 Å². The maximum Gasteiger partial charge on any atom is 0.326 e. The molecule has 168 valence electrons. The lowest BCUT2D eigenvalue weighted by Gasteiger charge is -2.24. The molecule has 0 bridgehead atoms. The van der Waals surface area contributed by atoms with Gasteiger partial charge in [0, 0.05) is 18.3 Å². The van der Waals surface area contributed by atoms with E-state index < -0.39 is 41.8 Å². The second-order valence-corrected chi connectivity index (χ2v) is 8.06. The quantitative estimate of drug-likeness (QED) is 0.222. The molecular weight excluding hydrogens is 412 g/mol. The highest BCUT2D eigenvalue weighted by Crippen LogP contribution is 2.05. The summed E-state index contributed by atoms with van der Waals surface area (Å²) in [5.74, 6) is -2.45. The molecule has 0 saturated carbocycles. The lowest BCUT2D eigenvalue weighted by Crippen LogP contribution is -2.55. The molecule has 1 rings (SSSR count). The Kier molecular flexibility index (Phi) is 10.9. The number of nitrogens with zero attached hydrogens (tertiary/aromatic N) is 1. The zero-order valence-corrected chi connectivity index (χ0v) is 18.1. The van der Waals surface area contributed by atoms with Crippen molar-refractivity contribution in [3.63, 3.8) is 0 Å². The monoisotopic (exact) mass is 442 g/mol. The first-order valence-corrected chi connectivity index (χ1v) is 10.9. The number of thioether (sulfide) groups is 1. The number of nitrogens with one attached hydrogen (secondary N) is 4. The van der Waals surface area contributed by atoms with E-state index in [4.69, 9.17) is 5.73 Å². The second-order valence-electron chi connectivity index (χ2n) is 7.08. The molecule has 11 nitrogen and oxygen atoms in total. The molecule has 0 aliphatic carbocycles. The van der Waals surface area contributed by atoms with Gasteiger partial charge in [-0.15, -0.1) is 0 Å². The molecule has 1 aromatic heterocycles. The van der Waals surface area contributed by atoms with Crippen molar-refractivity contribution in [2.45, 2.75) is 44.8 Å². The molecule has 30 heavy (non-hydrogen) atoms. The average Bonchev–Trinajstić information content (AvgIpc) is 3.20. The van der Waals surface area contributed by atoms with Gasteiger partial charge in [-0.3, -0.25) is 14.4 Å². The largest absolute Gasteiger partial charge is 0.480 e. The highest BCUT2D eigenvalue weighted by atomic mass is 32.2. The smallest absolute Gasteiger partial charge is 0.326 e. The first kappa shape index (κ1) is 25.4. The fourth-order valence-electron chi connectivity index (χ4n) is 2.51. The highest BCUT2D eigenvalue weighted by molar-refractivity contribution is 7.98. The highest BCUT2D eigenvalue weighted by Gasteiger charge is 2.29. The molecule has 0 saturated heterocycles. The summed E-state index contributed by atoms with van der Waals surface area (Å²) in [6.45, 7) is 3.09. The number of nitrogens with two attached hydrogens (primary N) is 1. The van der Waals surface area contributed by atoms with Gasteiger partial charge in [-0.25, -0.2) is 9.78 Å². The Morgan fingerprint density at radius 1 is 1.23 bits per heavy atom. The van der Waals surface area contributed by atoms with Gasteiger partial charge in [0.15, 0.2) is 0 Å². The molecule has 0 aliphatic heterocycles. The molecular formula is C18H30N6O5S. The Morgan fingerprint density at radius 2 is 1.93 bits per heavy atom. The zero-order valence-electron chi connectivity index (χ0n) is 17.3. The second kappa shape index (κ2) is 12.9. The number of hydrogen-bond donors (Lipinski definition) is 6. The van der Waals surface area contributed by atoms with E-state index in [9.17, 15) is 24.3 Å². The summed E-state index contributed by atoms with van der Waals surface area (Å²) >= 11 is 1.56. The number of rotatable bonds is 13. The number of imidazole rings is 1. The van der Waals surface area contributed by atoms with Crippen LogP contribution in [0.4, 0.5) is 0 Å². The van der Waals surface area contributed by atoms with Gasteiger partial charge in [0.2, 0.25) is 17.7 Å². The average molecular weight is 443 g/mol. The normalized spacial score (nSPS) is 13.9. The standard InChI is InChI=1S/C18H30N6O5S/c1-10(2)15(24-14(25)8-21-16(26)12(19)4-5-30-3)17(27)23-13(18(28)29)6-11-7-20-9-22-11/h7,9-10,12-13,15H,4-6,8,19H2,1-3H3,(H,20,22)(H,21,26)(H,23,27)(H,24,25)(H,28,29). The molecule has 0 fully saturated rings. The van der Waals surface area contributed by atoms with Gasteiger partial charge in [-0.05, 0) is 24.3 Å². The summed E-state index contributed by atoms with van der Waals surface area (Å²) in [4.78, 5) is 54.8. The first-order chi connectivity index (χ1) is 14.1. The van der Waals surface area contributed by atoms with Crippen LogP contribution in [-0.2, 0) is 25.6 Å². The van der Waals surface area contributed by atoms with E-state index in [0.717, 1.165) is 5.75 Å². The van der Waals surface area contributed by atoms with Gasteiger partial charge in [-0.1, -0.05) is 13.8 Å². The van der Waals surface area contributed by atoms with Gasteiger partial charge < -0.3 is 31.8 Å². The van der Waals surface area contributed by atoms with Gasteiger partial charge in [0.05, 0.1) is 18.9 Å². The molecule has 0 spiro atoms. The zero-order chi connectivity index (χ0) is 22.7. The van der Waals surface area contributed by atoms with Crippen LogP contribution in [0.3, 0.4) is 0 Å². The number of aromatic nitrogens is 2.